The van der Waals surface area contributed by atoms with E-state index in [1.54, 1.807) is 0 Å². The predicted molar refractivity (Wildman–Crippen MR) is 124 cm³/mol. The molecule has 2 aliphatic rings. The first-order chi connectivity index (χ1) is 12.5. The highest BCUT2D eigenvalue weighted by Gasteiger charge is 2.30. The summed E-state index contributed by atoms with van der Waals surface area (Å²) in [7, 11) is 2.18. The van der Waals surface area contributed by atoms with Crippen LogP contribution in [0.5, 0.6) is 0 Å². The van der Waals surface area contributed by atoms with Crippen molar-refractivity contribution in [1.82, 2.24) is 20.1 Å². The predicted octanol–water partition coefficient (Wildman–Crippen LogP) is 2.65. The number of likely N-dealkylation sites (tertiary alicyclic amines) is 1. The van der Waals surface area contributed by atoms with Crippen molar-refractivity contribution in [3.8, 4) is 0 Å². The average Bonchev–Trinajstić information content (AvgIpc) is 2.99. The minimum absolute atomic E-state index is 0. The third-order valence-corrected chi connectivity index (χ3v) is 5.36. The molecule has 1 aromatic heterocycles. The molecule has 7 heteroatoms. The first kappa shape index (κ1) is 22.2. The van der Waals surface area contributed by atoms with E-state index in [2.05, 4.69) is 65.0 Å². The second kappa shape index (κ2) is 9.91. The van der Waals surface area contributed by atoms with E-state index in [-0.39, 0.29) is 24.0 Å². The number of hydrogen-bond acceptors (Lipinski definition) is 4. The third-order valence-electron chi connectivity index (χ3n) is 5.36. The van der Waals surface area contributed by atoms with Gasteiger partial charge in [0.05, 0.1) is 6.54 Å². The molecule has 0 radical (unpaired) electrons. The summed E-state index contributed by atoms with van der Waals surface area (Å²) < 4.78 is 0. The van der Waals surface area contributed by atoms with Crippen LogP contribution in [0.2, 0.25) is 0 Å². The van der Waals surface area contributed by atoms with Crippen LogP contribution in [0.1, 0.15) is 32.8 Å². The van der Waals surface area contributed by atoms with Gasteiger partial charge in [0.25, 0.3) is 0 Å². The Hall–Kier alpha value is -1.09. The quantitative estimate of drug-likeness (QED) is 0.403. The van der Waals surface area contributed by atoms with Gasteiger partial charge in [-0.2, -0.15) is 0 Å². The van der Waals surface area contributed by atoms with Crippen LogP contribution >= 0.6 is 24.0 Å². The molecule has 0 amide bonds. The van der Waals surface area contributed by atoms with Gasteiger partial charge in [0.2, 0.25) is 0 Å². The van der Waals surface area contributed by atoms with Crippen LogP contribution in [-0.4, -0.2) is 73.6 Å². The summed E-state index contributed by atoms with van der Waals surface area (Å²) in [5.41, 5.74) is 1.60. The number of rotatable bonds is 4. The van der Waals surface area contributed by atoms with E-state index in [0.29, 0.717) is 12.0 Å². The summed E-state index contributed by atoms with van der Waals surface area (Å²) in [5, 5.41) is 3.46. The fraction of sp³-hybridized carbons (Fsp3) is 0.700. The molecule has 3 rings (SSSR count). The maximum absolute atomic E-state index is 4.91. The Labute approximate surface area is 181 Å². The Balaban J connectivity index is 0.00000261. The van der Waals surface area contributed by atoms with Gasteiger partial charge in [-0.3, -0.25) is 0 Å². The topological polar surface area (TPSA) is 47.0 Å². The Morgan fingerprint density at radius 3 is 2.59 bits per heavy atom. The third kappa shape index (κ3) is 6.20. The monoisotopic (exact) mass is 486 g/mol. The highest BCUT2D eigenvalue weighted by molar-refractivity contribution is 14.0. The SMILES string of the molecule is CCNC(=NCc1ccnc(N2CCN(C)CC2)c1)N1CCC(C)(C)C1.I. The number of anilines is 1. The van der Waals surface area contributed by atoms with E-state index >= 15 is 0 Å². The summed E-state index contributed by atoms with van der Waals surface area (Å²) in [4.78, 5) is 16.6. The summed E-state index contributed by atoms with van der Waals surface area (Å²) in [6.07, 6.45) is 3.14. The first-order valence-corrected chi connectivity index (χ1v) is 9.88. The number of aromatic nitrogens is 1. The maximum Gasteiger partial charge on any atom is 0.194 e. The van der Waals surface area contributed by atoms with Gasteiger partial charge in [0.15, 0.2) is 5.96 Å². The molecule has 6 nitrogen and oxygen atoms in total. The molecule has 3 heterocycles. The van der Waals surface area contributed by atoms with Gasteiger partial charge >= 0.3 is 0 Å². The number of pyridine rings is 1. The molecular formula is C20H35IN6. The molecule has 2 fully saturated rings. The zero-order valence-corrected chi connectivity index (χ0v) is 19.6. The zero-order chi connectivity index (χ0) is 18.6. The molecule has 0 atom stereocenters. The van der Waals surface area contributed by atoms with Gasteiger partial charge in [0, 0.05) is 52.0 Å². The normalized spacial score (nSPS) is 20.5. The van der Waals surface area contributed by atoms with E-state index in [0.717, 1.165) is 57.6 Å². The lowest BCUT2D eigenvalue weighted by molar-refractivity contribution is 0.312. The number of halogens is 1. The van der Waals surface area contributed by atoms with Crippen LogP contribution < -0.4 is 10.2 Å². The number of guanidine groups is 1. The lowest BCUT2D eigenvalue weighted by atomic mass is 9.93. The van der Waals surface area contributed by atoms with Crippen molar-refractivity contribution < 1.29 is 0 Å². The second-order valence-electron chi connectivity index (χ2n) is 8.32. The molecule has 0 saturated carbocycles. The molecule has 0 aliphatic carbocycles. The molecule has 2 aliphatic heterocycles. The number of nitrogens with zero attached hydrogens (tertiary/aromatic N) is 5. The summed E-state index contributed by atoms with van der Waals surface area (Å²) in [5.74, 6) is 2.12. The van der Waals surface area contributed by atoms with Gasteiger partial charge in [-0.05, 0) is 43.5 Å². The van der Waals surface area contributed by atoms with Gasteiger partial charge in [0.1, 0.15) is 5.82 Å². The molecule has 1 aromatic rings. The molecule has 0 unspecified atom stereocenters. The fourth-order valence-electron chi connectivity index (χ4n) is 3.65. The van der Waals surface area contributed by atoms with Crippen molar-refractivity contribution in [3.05, 3.63) is 23.9 Å². The van der Waals surface area contributed by atoms with E-state index in [1.165, 1.54) is 12.0 Å². The van der Waals surface area contributed by atoms with Crippen LogP contribution in [0.15, 0.2) is 23.3 Å². The van der Waals surface area contributed by atoms with Crippen molar-refractivity contribution in [3.63, 3.8) is 0 Å². The van der Waals surface area contributed by atoms with E-state index in [9.17, 15) is 0 Å². The minimum Gasteiger partial charge on any atom is -0.357 e. The van der Waals surface area contributed by atoms with Crippen molar-refractivity contribution in [2.24, 2.45) is 10.4 Å². The zero-order valence-electron chi connectivity index (χ0n) is 17.2. The second-order valence-corrected chi connectivity index (χ2v) is 8.32. The number of nitrogens with one attached hydrogen (secondary N) is 1. The van der Waals surface area contributed by atoms with Crippen molar-refractivity contribution in [2.75, 3.05) is 57.8 Å². The molecule has 27 heavy (non-hydrogen) atoms. The molecule has 2 saturated heterocycles. The Kier molecular flexibility index (Phi) is 8.15. The van der Waals surface area contributed by atoms with Crippen LogP contribution in [0.3, 0.4) is 0 Å². The Morgan fingerprint density at radius 2 is 1.96 bits per heavy atom. The van der Waals surface area contributed by atoms with E-state index in [4.69, 9.17) is 4.99 Å². The lowest BCUT2D eigenvalue weighted by Gasteiger charge is -2.33. The van der Waals surface area contributed by atoms with Crippen molar-refractivity contribution >= 4 is 35.8 Å². The fourth-order valence-corrected chi connectivity index (χ4v) is 3.65. The highest BCUT2D eigenvalue weighted by atomic mass is 127. The van der Waals surface area contributed by atoms with Crippen LogP contribution in [0.4, 0.5) is 5.82 Å². The standard InChI is InChI=1S/C20H34N6.HI/c1-5-21-19(26-9-7-20(2,3)16-26)23-15-17-6-8-22-18(14-17)25-12-10-24(4)11-13-25;/h6,8,14H,5,7,9-13,15-16H2,1-4H3,(H,21,23);1H. The van der Waals surface area contributed by atoms with Crippen molar-refractivity contribution in [1.29, 1.82) is 0 Å². The Morgan fingerprint density at radius 1 is 1.22 bits per heavy atom. The van der Waals surface area contributed by atoms with E-state index in [1.807, 2.05) is 6.20 Å². The molecule has 0 bridgehead atoms. The maximum atomic E-state index is 4.91. The first-order valence-electron chi connectivity index (χ1n) is 9.88. The molecule has 152 valence electrons. The molecule has 1 N–H and O–H groups in total. The van der Waals surface area contributed by atoms with Crippen LogP contribution in [0.25, 0.3) is 0 Å². The average molecular weight is 486 g/mol. The van der Waals surface area contributed by atoms with Crippen molar-refractivity contribution in [2.45, 2.75) is 33.7 Å². The summed E-state index contributed by atoms with van der Waals surface area (Å²) in [6, 6.07) is 4.28. The highest BCUT2D eigenvalue weighted by Crippen LogP contribution is 2.28. The van der Waals surface area contributed by atoms with Gasteiger partial charge in [-0.15, -0.1) is 24.0 Å². The summed E-state index contributed by atoms with van der Waals surface area (Å²) in [6.45, 7) is 14.8. The number of piperazine rings is 1. The van der Waals surface area contributed by atoms with E-state index < -0.39 is 0 Å². The minimum atomic E-state index is 0. The molecular weight excluding hydrogens is 451 g/mol. The molecule has 0 spiro atoms. The van der Waals surface area contributed by atoms with Crippen LogP contribution in [0, 0.1) is 5.41 Å². The molecule has 0 aromatic carbocycles. The van der Waals surface area contributed by atoms with Crippen LogP contribution in [-0.2, 0) is 6.54 Å². The van der Waals surface area contributed by atoms with Gasteiger partial charge in [-0.25, -0.2) is 9.98 Å². The largest absolute Gasteiger partial charge is 0.357 e. The Bertz CT molecular complexity index is 625. The number of hydrogen-bond donors (Lipinski definition) is 1. The van der Waals surface area contributed by atoms with Gasteiger partial charge in [-0.1, -0.05) is 13.8 Å². The number of aliphatic imine (C=N–C) groups is 1. The van der Waals surface area contributed by atoms with Gasteiger partial charge < -0.3 is 20.0 Å². The smallest absolute Gasteiger partial charge is 0.194 e. The summed E-state index contributed by atoms with van der Waals surface area (Å²) >= 11 is 0. The lowest BCUT2D eigenvalue weighted by Crippen LogP contribution is -2.44. The number of likely N-dealkylation sites (N-methyl/N-ethyl adjacent to an activating group) is 1.